The maximum atomic E-state index is 5.48. The minimum Gasteiger partial charge on any atom is -0.379 e. The number of hydrogen-bond donors (Lipinski definition) is 1. The number of nitrogens with zero attached hydrogens (tertiary/aromatic N) is 2. The molecular formula is C29H38N3O+. The van der Waals surface area contributed by atoms with Gasteiger partial charge in [-0.3, -0.25) is 9.80 Å². The van der Waals surface area contributed by atoms with Crippen LogP contribution in [0.4, 0.5) is 0 Å². The Balaban J connectivity index is 1.22. The van der Waals surface area contributed by atoms with E-state index in [0.717, 1.165) is 39.1 Å². The summed E-state index contributed by atoms with van der Waals surface area (Å²) >= 11 is 0. The third kappa shape index (κ3) is 5.82. The summed E-state index contributed by atoms with van der Waals surface area (Å²) < 4.78 is 5.48. The Hall–Kier alpha value is -2.24. The molecule has 3 aliphatic rings. The third-order valence-electron chi connectivity index (χ3n) is 7.50. The number of nitrogens with one attached hydrogen (secondary N) is 1. The first-order valence-electron chi connectivity index (χ1n) is 12.8. The summed E-state index contributed by atoms with van der Waals surface area (Å²) in [6.45, 7) is 12.6. The Bertz CT molecular complexity index is 954. The number of hydrogen-bond acceptors (Lipinski definition) is 3. The number of quaternary nitrogens is 1. The molecule has 33 heavy (non-hydrogen) atoms. The minimum absolute atomic E-state index is 0.900. The molecule has 0 unspecified atom stereocenters. The molecule has 0 saturated carbocycles. The van der Waals surface area contributed by atoms with Crippen molar-refractivity contribution in [3.05, 3.63) is 83.4 Å². The van der Waals surface area contributed by atoms with Gasteiger partial charge in [0.15, 0.2) is 0 Å². The van der Waals surface area contributed by atoms with Crippen LogP contribution in [0.25, 0.3) is 11.1 Å². The Morgan fingerprint density at radius 3 is 2.27 bits per heavy atom. The summed E-state index contributed by atoms with van der Waals surface area (Å²) in [5.74, 6) is 0. The van der Waals surface area contributed by atoms with Crippen LogP contribution < -0.4 is 4.90 Å². The van der Waals surface area contributed by atoms with Gasteiger partial charge in [0.25, 0.3) is 0 Å². The first-order valence-corrected chi connectivity index (χ1v) is 12.8. The number of benzene rings is 2. The van der Waals surface area contributed by atoms with Crippen LogP contribution in [0.2, 0.25) is 0 Å². The van der Waals surface area contributed by atoms with Gasteiger partial charge >= 0.3 is 0 Å². The first-order chi connectivity index (χ1) is 16.4. The van der Waals surface area contributed by atoms with E-state index in [0.29, 0.717) is 0 Å². The smallest absolute Gasteiger partial charge is 0.0900 e. The third-order valence-corrected chi connectivity index (χ3v) is 7.50. The van der Waals surface area contributed by atoms with Crippen LogP contribution in [-0.4, -0.2) is 81.9 Å². The van der Waals surface area contributed by atoms with E-state index in [2.05, 4.69) is 76.5 Å². The predicted molar refractivity (Wildman–Crippen MR) is 136 cm³/mol. The van der Waals surface area contributed by atoms with Crippen LogP contribution >= 0.6 is 0 Å². The van der Waals surface area contributed by atoms with Crippen LogP contribution in [0, 0.1) is 0 Å². The molecule has 0 aromatic heterocycles. The van der Waals surface area contributed by atoms with Gasteiger partial charge in [0, 0.05) is 45.7 Å². The monoisotopic (exact) mass is 444 g/mol. The Labute approximate surface area is 199 Å². The second-order valence-electron chi connectivity index (χ2n) is 9.57. The SMILES string of the molecule is C1=CC(c2ccccc2)=C(CC[NH+]2CCN(CCN3CCOCC3)CC2)c2ccccc2C1. The van der Waals surface area contributed by atoms with Crippen molar-refractivity contribution in [3.8, 4) is 0 Å². The van der Waals surface area contributed by atoms with Gasteiger partial charge in [-0.1, -0.05) is 66.7 Å². The van der Waals surface area contributed by atoms with E-state index in [1.165, 1.54) is 73.6 Å². The van der Waals surface area contributed by atoms with Gasteiger partial charge in [0.05, 0.1) is 32.8 Å². The first kappa shape index (κ1) is 22.5. The minimum atomic E-state index is 0.900. The average Bonchev–Trinajstić information content (AvgIpc) is 3.07. The van der Waals surface area contributed by atoms with Crippen LogP contribution in [0.1, 0.15) is 23.1 Å². The molecule has 1 aliphatic carbocycles. The molecule has 2 aliphatic heterocycles. The lowest BCUT2D eigenvalue weighted by atomic mass is 9.91. The molecule has 2 aromatic rings. The fourth-order valence-electron chi connectivity index (χ4n) is 5.45. The van der Waals surface area contributed by atoms with Crippen molar-refractivity contribution < 1.29 is 9.64 Å². The molecule has 2 heterocycles. The van der Waals surface area contributed by atoms with E-state index < -0.39 is 0 Å². The zero-order valence-corrected chi connectivity index (χ0v) is 19.8. The zero-order chi connectivity index (χ0) is 22.3. The topological polar surface area (TPSA) is 20.2 Å². The Morgan fingerprint density at radius 1 is 0.788 bits per heavy atom. The summed E-state index contributed by atoms with van der Waals surface area (Å²) in [6, 6.07) is 20.0. The summed E-state index contributed by atoms with van der Waals surface area (Å²) in [5.41, 5.74) is 7.17. The summed E-state index contributed by atoms with van der Waals surface area (Å²) in [5, 5.41) is 0. The van der Waals surface area contributed by atoms with Crippen LogP contribution in [0.5, 0.6) is 0 Å². The molecule has 0 bridgehead atoms. The van der Waals surface area contributed by atoms with Crippen molar-refractivity contribution in [1.29, 1.82) is 0 Å². The number of ether oxygens (including phenoxy) is 1. The lowest BCUT2D eigenvalue weighted by molar-refractivity contribution is -0.904. The molecule has 2 saturated heterocycles. The van der Waals surface area contributed by atoms with Gasteiger partial charge in [0.2, 0.25) is 0 Å². The molecule has 5 rings (SSSR count). The van der Waals surface area contributed by atoms with Crippen LogP contribution in [0.15, 0.2) is 66.7 Å². The molecule has 4 nitrogen and oxygen atoms in total. The van der Waals surface area contributed by atoms with E-state index >= 15 is 0 Å². The van der Waals surface area contributed by atoms with Crippen molar-refractivity contribution in [2.45, 2.75) is 12.8 Å². The molecule has 4 heteroatoms. The number of fused-ring (bicyclic) bond motifs is 1. The molecule has 0 amide bonds. The van der Waals surface area contributed by atoms with Gasteiger partial charge in [-0.25, -0.2) is 0 Å². The van der Waals surface area contributed by atoms with Gasteiger partial charge in [-0.2, -0.15) is 0 Å². The quantitative estimate of drug-likeness (QED) is 0.709. The number of morpholine rings is 1. The highest BCUT2D eigenvalue weighted by molar-refractivity contribution is 5.97. The largest absolute Gasteiger partial charge is 0.379 e. The summed E-state index contributed by atoms with van der Waals surface area (Å²) in [6.07, 6.45) is 6.86. The number of piperazine rings is 1. The normalized spacial score (nSPS) is 20.6. The van der Waals surface area contributed by atoms with Gasteiger partial charge in [-0.05, 0) is 34.3 Å². The fourth-order valence-corrected chi connectivity index (χ4v) is 5.45. The number of allylic oxidation sites excluding steroid dienone is 3. The van der Waals surface area contributed by atoms with Crippen LogP contribution in [0.3, 0.4) is 0 Å². The van der Waals surface area contributed by atoms with Gasteiger partial charge in [-0.15, -0.1) is 0 Å². The second kappa shape index (κ2) is 11.3. The summed E-state index contributed by atoms with van der Waals surface area (Å²) in [4.78, 5) is 6.97. The van der Waals surface area contributed by atoms with Crippen molar-refractivity contribution in [1.82, 2.24) is 9.80 Å². The molecule has 0 atom stereocenters. The molecule has 2 aromatic carbocycles. The van der Waals surface area contributed by atoms with Crippen LogP contribution in [-0.2, 0) is 11.2 Å². The van der Waals surface area contributed by atoms with Crippen molar-refractivity contribution in [2.75, 3.05) is 72.1 Å². The standard InChI is InChI=1S/C29H37N3O/c1-2-7-25(8-3-1)28-12-6-10-26-9-4-5-11-27(26)29(28)13-14-30-15-17-31(18-16-30)19-20-32-21-23-33-24-22-32/h1-9,11-12H,10,13-24H2/p+1. The van der Waals surface area contributed by atoms with Gasteiger partial charge < -0.3 is 9.64 Å². The van der Waals surface area contributed by atoms with Crippen molar-refractivity contribution in [2.24, 2.45) is 0 Å². The van der Waals surface area contributed by atoms with Gasteiger partial charge in [0.1, 0.15) is 0 Å². The average molecular weight is 445 g/mol. The maximum absolute atomic E-state index is 5.48. The molecule has 0 spiro atoms. The van der Waals surface area contributed by atoms with E-state index in [-0.39, 0.29) is 0 Å². The molecule has 174 valence electrons. The lowest BCUT2D eigenvalue weighted by Gasteiger charge is -2.34. The zero-order valence-electron chi connectivity index (χ0n) is 19.8. The fraction of sp³-hybridized carbons (Fsp3) is 0.448. The van der Waals surface area contributed by atoms with E-state index in [1.807, 2.05) is 0 Å². The molecular weight excluding hydrogens is 406 g/mol. The number of rotatable bonds is 7. The van der Waals surface area contributed by atoms with E-state index in [4.69, 9.17) is 4.74 Å². The Morgan fingerprint density at radius 2 is 1.48 bits per heavy atom. The highest BCUT2D eigenvalue weighted by Gasteiger charge is 2.23. The van der Waals surface area contributed by atoms with E-state index in [9.17, 15) is 0 Å². The molecule has 1 N–H and O–H groups in total. The maximum Gasteiger partial charge on any atom is 0.0900 e. The Kier molecular flexibility index (Phi) is 7.69. The van der Waals surface area contributed by atoms with E-state index in [1.54, 1.807) is 4.90 Å². The lowest BCUT2D eigenvalue weighted by Crippen LogP contribution is -3.14. The molecule has 0 radical (unpaired) electrons. The highest BCUT2D eigenvalue weighted by atomic mass is 16.5. The predicted octanol–water partition coefficient (Wildman–Crippen LogP) is 2.63. The highest BCUT2D eigenvalue weighted by Crippen LogP contribution is 2.34. The van der Waals surface area contributed by atoms with Crippen molar-refractivity contribution >= 4 is 11.1 Å². The summed E-state index contributed by atoms with van der Waals surface area (Å²) in [7, 11) is 0. The van der Waals surface area contributed by atoms with Crippen molar-refractivity contribution in [3.63, 3.8) is 0 Å². The second-order valence-corrected chi connectivity index (χ2v) is 9.57. The molecule has 2 fully saturated rings.